The highest BCUT2D eigenvalue weighted by Crippen LogP contribution is 2.29. The van der Waals surface area contributed by atoms with Gasteiger partial charge in [0.2, 0.25) is 5.91 Å². The average molecular weight is 455 g/mol. The van der Waals surface area contributed by atoms with E-state index in [2.05, 4.69) is 33.3 Å². The maximum atomic E-state index is 11.7. The van der Waals surface area contributed by atoms with Crippen molar-refractivity contribution in [2.24, 2.45) is 11.0 Å². The molecule has 0 fully saturated rings. The van der Waals surface area contributed by atoms with Crippen molar-refractivity contribution in [3.8, 4) is 22.9 Å². The summed E-state index contributed by atoms with van der Waals surface area (Å²) in [5, 5.41) is 4.35. The van der Waals surface area contributed by atoms with Crippen LogP contribution in [-0.2, 0) is 11.3 Å². The predicted molar refractivity (Wildman–Crippen MR) is 132 cm³/mol. The van der Waals surface area contributed by atoms with Gasteiger partial charge in [-0.3, -0.25) is 4.79 Å². The van der Waals surface area contributed by atoms with E-state index in [1.54, 1.807) is 14.2 Å². The number of nitrogens with one attached hydrogen (secondary N) is 1. The molecule has 3 aromatic carbocycles. The molecule has 0 unspecified atom stereocenters. The first-order valence-corrected chi connectivity index (χ1v) is 11.2. The predicted octanol–water partition coefficient (Wildman–Crippen LogP) is 4.63. The van der Waals surface area contributed by atoms with Gasteiger partial charge in [-0.25, -0.2) is 10.4 Å². The van der Waals surface area contributed by atoms with Crippen molar-refractivity contribution < 1.29 is 14.3 Å². The Bertz CT molecular complexity index is 1370. The lowest BCUT2D eigenvalue weighted by Gasteiger charge is -2.19. The molecule has 7 heteroatoms. The Hall–Kier alpha value is -4.13. The summed E-state index contributed by atoms with van der Waals surface area (Å²) in [6.45, 7) is 2.67. The van der Waals surface area contributed by atoms with Gasteiger partial charge in [0.05, 0.1) is 31.0 Å². The Kier molecular flexibility index (Phi) is 5.76. The third kappa shape index (κ3) is 4.12. The van der Waals surface area contributed by atoms with E-state index < -0.39 is 0 Å². The number of benzene rings is 3. The van der Waals surface area contributed by atoms with E-state index in [4.69, 9.17) is 14.5 Å². The van der Waals surface area contributed by atoms with Gasteiger partial charge in [0.1, 0.15) is 17.3 Å². The number of hydrogen-bond donors (Lipinski definition) is 1. The molecule has 1 aliphatic heterocycles. The smallest absolute Gasteiger partial charge is 0.240 e. The van der Waals surface area contributed by atoms with Crippen LogP contribution in [0.25, 0.3) is 22.4 Å². The Morgan fingerprint density at radius 3 is 2.24 bits per heavy atom. The number of hydrazone groups is 1. The third-order valence-electron chi connectivity index (χ3n) is 6.15. The number of ether oxygens (including phenoxy) is 2. The molecule has 0 radical (unpaired) electrons. The van der Waals surface area contributed by atoms with Crippen LogP contribution in [0, 0.1) is 5.92 Å². The Labute approximate surface area is 198 Å². The first-order chi connectivity index (χ1) is 16.6. The Balaban J connectivity index is 1.63. The zero-order valence-electron chi connectivity index (χ0n) is 19.4. The number of rotatable bonds is 6. The van der Waals surface area contributed by atoms with Crippen LogP contribution >= 0.6 is 0 Å². The van der Waals surface area contributed by atoms with Gasteiger partial charge in [0.25, 0.3) is 0 Å². The van der Waals surface area contributed by atoms with Gasteiger partial charge in [0.15, 0.2) is 0 Å². The number of hydrogen-bond acceptors (Lipinski definition) is 5. The second-order valence-corrected chi connectivity index (χ2v) is 8.44. The SMILES string of the molecule is COc1ccc(Cn2c(-c3ccc(OC)cc3)nc3ccc(C4=NNC(=O)C[C@H]4C)cc32)cc1. The lowest BCUT2D eigenvalue weighted by Crippen LogP contribution is -2.31. The number of fused-ring (bicyclic) bond motifs is 1. The minimum atomic E-state index is -0.0522. The Morgan fingerprint density at radius 2 is 1.59 bits per heavy atom. The van der Waals surface area contributed by atoms with Gasteiger partial charge in [-0.15, -0.1) is 0 Å². The largest absolute Gasteiger partial charge is 0.497 e. The first kappa shape index (κ1) is 21.7. The maximum absolute atomic E-state index is 11.7. The van der Waals surface area contributed by atoms with Gasteiger partial charge in [-0.1, -0.05) is 25.1 Å². The molecule has 0 saturated heterocycles. The van der Waals surface area contributed by atoms with Crippen molar-refractivity contribution in [3.63, 3.8) is 0 Å². The summed E-state index contributed by atoms with van der Waals surface area (Å²) in [7, 11) is 3.33. The molecular formula is C27H26N4O3. The highest BCUT2D eigenvalue weighted by Gasteiger charge is 2.23. The molecule has 7 nitrogen and oxygen atoms in total. The lowest BCUT2D eigenvalue weighted by atomic mass is 9.94. The van der Waals surface area contributed by atoms with Gasteiger partial charge in [-0.2, -0.15) is 5.10 Å². The van der Waals surface area contributed by atoms with Crippen molar-refractivity contribution in [2.45, 2.75) is 19.9 Å². The van der Waals surface area contributed by atoms with Gasteiger partial charge in [-0.05, 0) is 54.1 Å². The Morgan fingerprint density at radius 1 is 0.941 bits per heavy atom. The molecule has 1 atom stereocenters. The van der Waals surface area contributed by atoms with Crippen LogP contribution in [-0.4, -0.2) is 35.4 Å². The number of nitrogens with zero attached hydrogens (tertiary/aromatic N) is 3. The minimum absolute atomic E-state index is 0.0465. The summed E-state index contributed by atoms with van der Waals surface area (Å²) >= 11 is 0. The first-order valence-electron chi connectivity index (χ1n) is 11.2. The van der Waals surface area contributed by atoms with E-state index in [-0.39, 0.29) is 11.8 Å². The van der Waals surface area contributed by atoms with E-state index >= 15 is 0 Å². The summed E-state index contributed by atoms with van der Waals surface area (Å²) in [6.07, 6.45) is 0.430. The quantitative estimate of drug-likeness (QED) is 0.461. The third-order valence-corrected chi connectivity index (χ3v) is 6.15. The number of aromatic nitrogens is 2. The molecule has 1 aliphatic rings. The summed E-state index contributed by atoms with van der Waals surface area (Å²) in [4.78, 5) is 16.7. The minimum Gasteiger partial charge on any atom is -0.497 e. The fraction of sp³-hybridized carbons (Fsp3) is 0.222. The van der Waals surface area contributed by atoms with Crippen molar-refractivity contribution in [1.29, 1.82) is 0 Å². The zero-order chi connectivity index (χ0) is 23.7. The van der Waals surface area contributed by atoms with E-state index in [0.717, 1.165) is 50.8 Å². The normalized spacial score (nSPS) is 15.7. The number of carbonyl (C=O) groups is 1. The number of amides is 1. The summed E-state index contributed by atoms with van der Waals surface area (Å²) < 4.78 is 12.9. The summed E-state index contributed by atoms with van der Waals surface area (Å²) in [5.41, 5.74) is 8.52. The fourth-order valence-corrected chi connectivity index (χ4v) is 4.32. The number of carbonyl (C=O) groups excluding carboxylic acids is 1. The van der Waals surface area contributed by atoms with Crippen LogP contribution in [0.3, 0.4) is 0 Å². The van der Waals surface area contributed by atoms with E-state index in [9.17, 15) is 4.79 Å². The lowest BCUT2D eigenvalue weighted by molar-refractivity contribution is -0.121. The molecule has 1 aromatic heterocycles. The molecule has 172 valence electrons. The van der Waals surface area contributed by atoms with Crippen LogP contribution in [0.1, 0.15) is 24.5 Å². The highest BCUT2D eigenvalue weighted by molar-refractivity contribution is 6.07. The molecular weight excluding hydrogens is 428 g/mol. The molecule has 0 bridgehead atoms. The maximum Gasteiger partial charge on any atom is 0.240 e. The van der Waals surface area contributed by atoms with Crippen LogP contribution in [0.2, 0.25) is 0 Å². The molecule has 0 spiro atoms. The molecule has 34 heavy (non-hydrogen) atoms. The molecule has 0 aliphatic carbocycles. The fourth-order valence-electron chi connectivity index (χ4n) is 4.32. The van der Waals surface area contributed by atoms with Crippen molar-refractivity contribution in [1.82, 2.24) is 15.0 Å². The van der Waals surface area contributed by atoms with Crippen molar-refractivity contribution in [3.05, 3.63) is 77.9 Å². The van der Waals surface area contributed by atoms with Crippen LogP contribution in [0.5, 0.6) is 11.5 Å². The summed E-state index contributed by atoms with van der Waals surface area (Å²) in [5.74, 6) is 2.49. The van der Waals surface area contributed by atoms with Gasteiger partial charge < -0.3 is 14.0 Å². The van der Waals surface area contributed by atoms with Crippen LogP contribution in [0.4, 0.5) is 0 Å². The van der Waals surface area contributed by atoms with Gasteiger partial charge >= 0.3 is 0 Å². The van der Waals surface area contributed by atoms with Crippen LogP contribution < -0.4 is 14.9 Å². The molecule has 1 amide bonds. The molecule has 1 N–H and O–H groups in total. The van der Waals surface area contributed by atoms with Crippen molar-refractivity contribution >= 4 is 22.7 Å². The number of methoxy groups -OCH3 is 2. The average Bonchev–Trinajstić information content (AvgIpc) is 3.22. The van der Waals surface area contributed by atoms with E-state index in [0.29, 0.717) is 13.0 Å². The molecule has 2 heterocycles. The topological polar surface area (TPSA) is 77.7 Å². The van der Waals surface area contributed by atoms with E-state index in [1.165, 1.54) is 0 Å². The second kappa shape index (κ2) is 9.02. The van der Waals surface area contributed by atoms with Crippen LogP contribution in [0.15, 0.2) is 71.8 Å². The highest BCUT2D eigenvalue weighted by atomic mass is 16.5. The standard InChI is InChI=1S/C27H26N4O3/c1-17-14-25(32)29-30-26(17)20-8-13-23-24(15-20)31(16-18-4-9-21(33-2)10-5-18)27(28-23)19-6-11-22(34-3)12-7-19/h4-13,15,17H,14,16H2,1-3H3,(H,29,32)/t17-/m1/s1. The summed E-state index contributed by atoms with van der Waals surface area (Å²) in [6, 6.07) is 22.2. The van der Waals surface area contributed by atoms with Gasteiger partial charge in [0, 0.05) is 30.0 Å². The monoisotopic (exact) mass is 454 g/mol. The molecule has 4 aromatic rings. The number of imidazole rings is 1. The van der Waals surface area contributed by atoms with E-state index in [1.807, 2.05) is 55.5 Å². The molecule has 0 saturated carbocycles. The zero-order valence-corrected chi connectivity index (χ0v) is 19.4. The second-order valence-electron chi connectivity index (χ2n) is 8.44. The van der Waals surface area contributed by atoms with Crippen molar-refractivity contribution in [2.75, 3.05) is 14.2 Å². The molecule has 5 rings (SSSR count).